The van der Waals surface area contributed by atoms with E-state index in [1.165, 1.54) is 12.5 Å². The van der Waals surface area contributed by atoms with Crippen molar-refractivity contribution in [1.82, 2.24) is 5.32 Å². The molecule has 0 saturated heterocycles. The Morgan fingerprint density at radius 1 is 1.47 bits per heavy atom. The number of rotatable bonds is 4. The van der Waals surface area contributed by atoms with Gasteiger partial charge in [-0.3, -0.25) is 0 Å². The maximum atomic E-state index is 14.0. The molecule has 1 saturated carbocycles. The van der Waals surface area contributed by atoms with Crippen molar-refractivity contribution in [2.75, 3.05) is 7.05 Å². The molecule has 0 radical (unpaired) electrons. The molecule has 0 aromatic carbocycles. The van der Waals surface area contributed by atoms with E-state index in [0.29, 0.717) is 11.5 Å². The highest BCUT2D eigenvalue weighted by Crippen LogP contribution is 2.40. The molecule has 0 aromatic heterocycles. The quantitative estimate of drug-likeness (QED) is 0.725. The Balaban J connectivity index is 2.96. The van der Waals surface area contributed by atoms with Crippen LogP contribution in [0.4, 0.5) is 4.39 Å². The van der Waals surface area contributed by atoms with Crippen LogP contribution in [0.3, 0.4) is 0 Å². The molecule has 0 bridgehead atoms. The zero-order valence-corrected chi connectivity index (χ0v) is 11.2. The average molecular weight is 237 g/mol. The second-order valence-electron chi connectivity index (χ2n) is 4.89. The molecular weight excluding hydrogens is 213 g/mol. The topological polar surface area (TPSA) is 12.0 Å². The van der Waals surface area contributed by atoms with Gasteiger partial charge in [-0.1, -0.05) is 38.5 Å². The summed E-state index contributed by atoms with van der Waals surface area (Å²) in [6.45, 7) is 8.05. The van der Waals surface area contributed by atoms with Gasteiger partial charge in [0.2, 0.25) is 0 Å². The van der Waals surface area contributed by atoms with Crippen molar-refractivity contribution < 1.29 is 4.39 Å². The van der Waals surface area contributed by atoms with Crippen molar-refractivity contribution >= 4 is 0 Å². The normalized spacial score (nSPS) is 30.8. The summed E-state index contributed by atoms with van der Waals surface area (Å²) in [4.78, 5) is 0. The molecule has 1 nitrogen and oxygen atoms in total. The minimum Gasteiger partial charge on any atom is -0.310 e. The Labute approximate surface area is 104 Å². The van der Waals surface area contributed by atoms with Crippen LogP contribution in [-0.4, -0.2) is 12.6 Å². The fourth-order valence-corrected chi connectivity index (χ4v) is 2.81. The molecule has 1 N–H and O–H groups in total. The third-order valence-electron chi connectivity index (χ3n) is 4.01. The van der Waals surface area contributed by atoms with E-state index in [0.717, 1.165) is 19.3 Å². The van der Waals surface area contributed by atoms with Gasteiger partial charge in [-0.15, -0.1) is 0 Å². The van der Waals surface area contributed by atoms with Gasteiger partial charge in [0.05, 0.1) is 0 Å². The molecule has 0 spiro atoms. The van der Waals surface area contributed by atoms with Crippen LogP contribution in [-0.2, 0) is 0 Å². The summed E-state index contributed by atoms with van der Waals surface area (Å²) in [6, 6.07) is 0. The van der Waals surface area contributed by atoms with Crippen LogP contribution in [0.1, 0.15) is 39.5 Å². The smallest absolute Gasteiger partial charge is 0.127 e. The van der Waals surface area contributed by atoms with Gasteiger partial charge >= 0.3 is 0 Å². The summed E-state index contributed by atoms with van der Waals surface area (Å²) in [6.07, 6.45) is 9.53. The summed E-state index contributed by atoms with van der Waals surface area (Å²) in [5.74, 6) is 0.227. The lowest BCUT2D eigenvalue weighted by atomic mass is 9.69. The molecule has 2 atom stereocenters. The third-order valence-corrected chi connectivity index (χ3v) is 4.01. The van der Waals surface area contributed by atoms with Gasteiger partial charge in [0.25, 0.3) is 0 Å². The summed E-state index contributed by atoms with van der Waals surface area (Å²) in [5.41, 5.74) is 0.339. The molecule has 1 unspecified atom stereocenters. The number of hydrogen-bond acceptors (Lipinski definition) is 1. The van der Waals surface area contributed by atoms with E-state index in [-0.39, 0.29) is 11.4 Å². The van der Waals surface area contributed by atoms with Crippen LogP contribution in [0.2, 0.25) is 0 Å². The van der Waals surface area contributed by atoms with Gasteiger partial charge < -0.3 is 5.32 Å². The average Bonchev–Trinajstić information content (AvgIpc) is 2.36. The van der Waals surface area contributed by atoms with Crippen molar-refractivity contribution in [2.24, 2.45) is 5.92 Å². The Morgan fingerprint density at radius 2 is 2.18 bits per heavy atom. The maximum absolute atomic E-state index is 14.0. The lowest BCUT2D eigenvalue weighted by Crippen LogP contribution is -2.51. The van der Waals surface area contributed by atoms with E-state index < -0.39 is 0 Å². The Kier molecular flexibility index (Phi) is 5.13. The van der Waals surface area contributed by atoms with Gasteiger partial charge in [-0.25, -0.2) is 4.39 Å². The van der Waals surface area contributed by atoms with Gasteiger partial charge in [0.15, 0.2) is 0 Å². The Bertz CT molecular complexity index is 330. The standard InChI is InChI=1S/C15H24FN/c1-5-6-10-14(16)13(3)15(17-4)11-8-7-9-12(15)2/h5-6,10,12,17H,3,7-9,11H2,1-2,4H3/b6-5-,14-10+/t12?,15-/m1/s1. The minimum absolute atomic E-state index is 0.203. The summed E-state index contributed by atoms with van der Waals surface area (Å²) >= 11 is 0. The van der Waals surface area contributed by atoms with Crippen LogP contribution in [0.5, 0.6) is 0 Å². The second kappa shape index (κ2) is 6.15. The van der Waals surface area contributed by atoms with E-state index in [9.17, 15) is 4.39 Å². The fraction of sp³-hybridized carbons (Fsp3) is 0.600. The fourth-order valence-electron chi connectivity index (χ4n) is 2.81. The van der Waals surface area contributed by atoms with Crippen molar-refractivity contribution in [1.29, 1.82) is 0 Å². The van der Waals surface area contributed by atoms with E-state index in [2.05, 4.69) is 18.8 Å². The molecule has 1 aliphatic rings. The first kappa shape index (κ1) is 14.2. The van der Waals surface area contributed by atoms with E-state index in [1.54, 1.807) is 6.08 Å². The molecule has 0 amide bonds. The highest BCUT2D eigenvalue weighted by Gasteiger charge is 2.40. The molecule has 1 aliphatic carbocycles. The number of halogens is 1. The first-order chi connectivity index (χ1) is 8.08. The number of hydrogen-bond donors (Lipinski definition) is 1. The molecule has 2 heteroatoms. The summed E-state index contributed by atoms with van der Waals surface area (Å²) in [5, 5.41) is 3.32. The van der Waals surface area contributed by atoms with Gasteiger partial charge in [-0.2, -0.15) is 0 Å². The molecule has 0 aliphatic heterocycles. The first-order valence-electron chi connectivity index (χ1n) is 6.45. The predicted molar refractivity (Wildman–Crippen MR) is 72.6 cm³/mol. The predicted octanol–water partition coefficient (Wildman–Crippen LogP) is 4.14. The first-order valence-corrected chi connectivity index (χ1v) is 6.45. The third kappa shape index (κ3) is 2.86. The number of nitrogens with one attached hydrogen (secondary N) is 1. The molecular formula is C15H24FN. The van der Waals surface area contributed by atoms with Crippen molar-refractivity contribution in [3.63, 3.8) is 0 Å². The largest absolute Gasteiger partial charge is 0.310 e. The molecule has 1 fully saturated rings. The SMILES string of the molecule is C=C(/C(F)=C\C=C/C)[C@@]1(NC)CCCCC1C. The zero-order chi connectivity index (χ0) is 12.9. The molecule has 1 rings (SSSR count). The van der Waals surface area contributed by atoms with Crippen molar-refractivity contribution in [3.8, 4) is 0 Å². The zero-order valence-electron chi connectivity index (χ0n) is 11.2. The maximum Gasteiger partial charge on any atom is 0.127 e. The van der Waals surface area contributed by atoms with Crippen LogP contribution in [0.15, 0.2) is 36.2 Å². The summed E-state index contributed by atoms with van der Waals surface area (Å²) in [7, 11) is 1.91. The van der Waals surface area contributed by atoms with Gasteiger partial charge in [0.1, 0.15) is 5.83 Å². The molecule has 17 heavy (non-hydrogen) atoms. The monoisotopic (exact) mass is 237 g/mol. The highest BCUT2D eigenvalue weighted by molar-refractivity contribution is 5.36. The van der Waals surface area contributed by atoms with Crippen LogP contribution < -0.4 is 5.32 Å². The molecule has 96 valence electrons. The van der Waals surface area contributed by atoms with Crippen LogP contribution in [0, 0.1) is 5.92 Å². The van der Waals surface area contributed by atoms with Gasteiger partial charge in [0, 0.05) is 11.1 Å². The lowest BCUT2D eigenvalue weighted by molar-refractivity contribution is 0.202. The van der Waals surface area contributed by atoms with E-state index >= 15 is 0 Å². The Hall–Kier alpha value is -0.890. The molecule has 0 aromatic rings. The number of allylic oxidation sites excluding steroid dienone is 3. The van der Waals surface area contributed by atoms with Gasteiger partial charge in [-0.05, 0) is 38.8 Å². The van der Waals surface area contributed by atoms with Crippen LogP contribution in [0.25, 0.3) is 0 Å². The van der Waals surface area contributed by atoms with E-state index in [4.69, 9.17) is 0 Å². The van der Waals surface area contributed by atoms with E-state index in [1.807, 2.05) is 20.0 Å². The van der Waals surface area contributed by atoms with Crippen LogP contribution >= 0.6 is 0 Å². The summed E-state index contributed by atoms with van der Waals surface area (Å²) < 4.78 is 14.0. The Morgan fingerprint density at radius 3 is 2.71 bits per heavy atom. The van der Waals surface area contributed by atoms with Crippen molar-refractivity contribution in [2.45, 2.75) is 45.1 Å². The highest BCUT2D eigenvalue weighted by atomic mass is 19.1. The number of likely N-dealkylation sites (N-methyl/N-ethyl adjacent to an activating group) is 1. The second-order valence-corrected chi connectivity index (χ2v) is 4.89. The minimum atomic E-state index is -0.263. The van der Waals surface area contributed by atoms with Crippen molar-refractivity contribution in [3.05, 3.63) is 36.2 Å². The lowest BCUT2D eigenvalue weighted by Gasteiger charge is -2.43. The molecule has 0 heterocycles.